The Bertz CT molecular complexity index is 638. The van der Waals surface area contributed by atoms with Gasteiger partial charge in [-0.25, -0.2) is 0 Å². The summed E-state index contributed by atoms with van der Waals surface area (Å²) in [7, 11) is 1.97. The summed E-state index contributed by atoms with van der Waals surface area (Å²) in [5.74, 6) is 0. The van der Waals surface area contributed by atoms with Gasteiger partial charge in [-0.15, -0.1) is 0 Å². The first kappa shape index (κ1) is 13.2. The monoisotopic (exact) mass is 294 g/mol. The molecule has 1 N–H and O–H groups in total. The number of pyridine rings is 1. The van der Waals surface area contributed by atoms with E-state index in [-0.39, 0.29) is 0 Å². The minimum atomic E-state index is 0.574. The first-order valence-corrected chi connectivity index (χ1v) is 7.41. The van der Waals surface area contributed by atoms with E-state index < -0.39 is 0 Å². The SMILES string of the molecule is CNCc1c2c(nc3c(Cl)c(Cl)ccc13)CCCC2. The molecule has 0 fully saturated rings. The first-order chi connectivity index (χ1) is 9.22. The summed E-state index contributed by atoms with van der Waals surface area (Å²) in [6.45, 7) is 0.847. The second-order valence-electron chi connectivity index (χ2n) is 5.01. The van der Waals surface area contributed by atoms with Crippen LogP contribution in [0.4, 0.5) is 0 Å². The summed E-state index contributed by atoms with van der Waals surface area (Å²) in [5, 5.41) is 5.54. The second-order valence-corrected chi connectivity index (χ2v) is 5.80. The highest BCUT2D eigenvalue weighted by molar-refractivity contribution is 6.45. The predicted octanol–water partition coefficient (Wildman–Crippen LogP) is 4.14. The third-order valence-corrected chi connectivity index (χ3v) is 4.59. The van der Waals surface area contributed by atoms with Gasteiger partial charge in [0.2, 0.25) is 0 Å². The average molecular weight is 295 g/mol. The fourth-order valence-corrected chi connectivity index (χ4v) is 3.27. The first-order valence-electron chi connectivity index (χ1n) is 6.65. The Morgan fingerprint density at radius 3 is 2.79 bits per heavy atom. The van der Waals surface area contributed by atoms with E-state index in [1.807, 2.05) is 19.2 Å². The number of aryl methyl sites for hydroxylation is 1. The van der Waals surface area contributed by atoms with Gasteiger partial charge in [-0.1, -0.05) is 29.3 Å². The summed E-state index contributed by atoms with van der Waals surface area (Å²) >= 11 is 12.4. The number of fused-ring (bicyclic) bond motifs is 2. The minimum Gasteiger partial charge on any atom is -0.316 e. The van der Waals surface area contributed by atoms with E-state index in [1.54, 1.807) is 0 Å². The third-order valence-electron chi connectivity index (χ3n) is 3.80. The lowest BCUT2D eigenvalue weighted by Gasteiger charge is -2.21. The van der Waals surface area contributed by atoms with Crippen LogP contribution in [0.1, 0.15) is 29.7 Å². The van der Waals surface area contributed by atoms with Crippen molar-refractivity contribution in [1.29, 1.82) is 0 Å². The number of halogens is 2. The normalized spacial score (nSPS) is 14.7. The number of rotatable bonds is 2. The molecule has 0 saturated heterocycles. The maximum Gasteiger partial charge on any atom is 0.0910 e. The Morgan fingerprint density at radius 1 is 1.21 bits per heavy atom. The molecule has 1 heterocycles. The van der Waals surface area contributed by atoms with Crippen molar-refractivity contribution in [1.82, 2.24) is 10.3 Å². The van der Waals surface area contributed by atoms with Gasteiger partial charge in [0.15, 0.2) is 0 Å². The van der Waals surface area contributed by atoms with E-state index in [0.29, 0.717) is 10.0 Å². The zero-order valence-corrected chi connectivity index (χ0v) is 12.4. The molecule has 0 aliphatic heterocycles. The molecular weight excluding hydrogens is 279 g/mol. The van der Waals surface area contributed by atoms with Crippen molar-refractivity contribution in [2.45, 2.75) is 32.2 Å². The predicted molar refractivity (Wildman–Crippen MR) is 81.2 cm³/mol. The lowest BCUT2D eigenvalue weighted by Crippen LogP contribution is -2.14. The minimum absolute atomic E-state index is 0.574. The Hall–Kier alpha value is -0.830. The molecular formula is C15H16Cl2N2. The molecule has 0 atom stereocenters. The van der Waals surface area contributed by atoms with Gasteiger partial charge in [-0.3, -0.25) is 4.98 Å². The van der Waals surface area contributed by atoms with E-state index in [9.17, 15) is 0 Å². The van der Waals surface area contributed by atoms with Gasteiger partial charge in [0, 0.05) is 17.6 Å². The van der Waals surface area contributed by atoms with Crippen LogP contribution in [0.15, 0.2) is 12.1 Å². The largest absolute Gasteiger partial charge is 0.316 e. The van der Waals surface area contributed by atoms with Crippen LogP contribution in [0.5, 0.6) is 0 Å². The molecule has 100 valence electrons. The lowest BCUT2D eigenvalue weighted by molar-refractivity contribution is 0.659. The number of nitrogens with zero attached hydrogens (tertiary/aromatic N) is 1. The van der Waals surface area contributed by atoms with E-state index in [2.05, 4.69) is 5.32 Å². The molecule has 19 heavy (non-hydrogen) atoms. The van der Waals surface area contributed by atoms with Crippen LogP contribution in [-0.2, 0) is 19.4 Å². The smallest absolute Gasteiger partial charge is 0.0910 e. The van der Waals surface area contributed by atoms with Crippen LogP contribution in [-0.4, -0.2) is 12.0 Å². The quantitative estimate of drug-likeness (QED) is 0.900. The Morgan fingerprint density at radius 2 is 2.00 bits per heavy atom. The summed E-state index contributed by atoms with van der Waals surface area (Å²) < 4.78 is 0. The van der Waals surface area contributed by atoms with Crippen LogP contribution < -0.4 is 5.32 Å². The zero-order valence-electron chi connectivity index (χ0n) is 10.9. The maximum absolute atomic E-state index is 6.33. The molecule has 1 aliphatic carbocycles. The van der Waals surface area contributed by atoms with Gasteiger partial charge in [-0.2, -0.15) is 0 Å². The van der Waals surface area contributed by atoms with Crippen molar-refractivity contribution < 1.29 is 0 Å². The van der Waals surface area contributed by atoms with Gasteiger partial charge >= 0.3 is 0 Å². The van der Waals surface area contributed by atoms with Crippen molar-refractivity contribution in [3.05, 3.63) is 39.0 Å². The molecule has 0 saturated carbocycles. The standard InChI is InChI=1S/C15H16Cl2N2/c1-18-8-11-9-4-2-3-5-13(9)19-15-10(11)6-7-12(16)14(15)17/h6-7,18H,2-5,8H2,1H3. The second kappa shape index (κ2) is 5.28. The number of nitrogens with one attached hydrogen (secondary N) is 1. The van der Waals surface area contributed by atoms with Crippen LogP contribution in [0.25, 0.3) is 10.9 Å². The highest BCUT2D eigenvalue weighted by atomic mass is 35.5. The number of hydrogen-bond donors (Lipinski definition) is 1. The fourth-order valence-electron chi connectivity index (χ4n) is 2.91. The van der Waals surface area contributed by atoms with Gasteiger partial charge < -0.3 is 5.32 Å². The van der Waals surface area contributed by atoms with Crippen LogP contribution >= 0.6 is 23.2 Å². The zero-order chi connectivity index (χ0) is 13.4. The van der Waals surface area contributed by atoms with Crippen molar-refractivity contribution in [2.24, 2.45) is 0 Å². The number of benzene rings is 1. The van der Waals surface area contributed by atoms with Gasteiger partial charge in [0.05, 0.1) is 15.6 Å². The molecule has 0 unspecified atom stereocenters. The topological polar surface area (TPSA) is 24.9 Å². The lowest BCUT2D eigenvalue weighted by atomic mass is 9.90. The molecule has 1 aromatic carbocycles. The van der Waals surface area contributed by atoms with Crippen molar-refractivity contribution in [3.63, 3.8) is 0 Å². The van der Waals surface area contributed by atoms with Gasteiger partial charge in [-0.05, 0) is 49.9 Å². The van der Waals surface area contributed by atoms with Gasteiger partial charge in [0.1, 0.15) is 0 Å². The number of aromatic nitrogens is 1. The molecule has 0 bridgehead atoms. The summed E-state index contributed by atoms with van der Waals surface area (Å²) in [5.41, 5.74) is 4.79. The van der Waals surface area contributed by atoms with Crippen molar-refractivity contribution in [2.75, 3.05) is 7.05 Å². The molecule has 2 nitrogen and oxygen atoms in total. The molecule has 0 spiro atoms. The highest BCUT2D eigenvalue weighted by Crippen LogP contribution is 2.35. The molecule has 0 amide bonds. The summed E-state index contributed by atoms with van der Waals surface area (Å²) in [6.07, 6.45) is 4.63. The third kappa shape index (κ3) is 2.22. The highest BCUT2D eigenvalue weighted by Gasteiger charge is 2.19. The van der Waals surface area contributed by atoms with Crippen LogP contribution in [0, 0.1) is 0 Å². The maximum atomic E-state index is 6.33. The Balaban J connectivity index is 2.35. The molecule has 0 radical (unpaired) electrons. The molecule has 2 aromatic rings. The van der Waals surface area contributed by atoms with Crippen molar-refractivity contribution in [3.8, 4) is 0 Å². The van der Waals surface area contributed by atoms with Crippen LogP contribution in [0.2, 0.25) is 10.0 Å². The number of hydrogen-bond acceptors (Lipinski definition) is 2. The van der Waals surface area contributed by atoms with E-state index in [4.69, 9.17) is 28.2 Å². The van der Waals surface area contributed by atoms with E-state index in [1.165, 1.54) is 29.7 Å². The van der Waals surface area contributed by atoms with E-state index >= 15 is 0 Å². The van der Waals surface area contributed by atoms with E-state index in [0.717, 1.165) is 30.3 Å². The fraction of sp³-hybridized carbons (Fsp3) is 0.400. The summed E-state index contributed by atoms with van der Waals surface area (Å²) in [6, 6.07) is 3.90. The average Bonchev–Trinajstić information content (AvgIpc) is 2.43. The Labute approximate surface area is 123 Å². The van der Waals surface area contributed by atoms with Gasteiger partial charge in [0.25, 0.3) is 0 Å². The van der Waals surface area contributed by atoms with Crippen molar-refractivity contribution >= 4 is 34.1 Å². The van der Waals surface area contributed by atoms with Crippen LogP contribution in [0.3, 0.4) is 0 Å². The molecule has 4 heteroatoms. The molecule has 1 aromatic heterocycles. The summed E-state index contributed by atoms with van der Waals surface area (Å²) in [4.78, 5) is 4.77. The molecule has 1 aliphatic rings. The Kier molecular flexibility index (Phi) is 3.66. The molecule has 3 rings (SSSR count).